The molecule has 0 aromatic heterocycles. The van der Waals surface area contributed by atoms with E-state index in [9.17, 15) is 13.2 Å². The maximum absolute atomic E-state index is 13.6. The molecule has 178 valence electrons. The molecular formula is C25H33N3O4S. The van der Waals surface area contributed by atoms with Crippen LogP contribution in [0.1, 0.15) is 31.9 Å². The minimum atomic E-state index is -3.64. The molecule has 2 saturated heterocycles. The minimum absolute atomic E-state index is 0.150. The lowest BCUT2D eigenvalue weighted by atomic mass is 9.89. The number of rotatable bonds is 6. The molecule has 0 spiro atoms. The summed E-state index contributed by atoms with van der Waals surface area (Å²) < 4.78 is 32.8. The molecule has 0 bridgehead atoms. The molecular weight excluding hydrogens is 438 g/mol. The Morgan fingerprint density at radius 2 is 1.67 bits per heavy atom. The summed E-state index contributed by atoms with van der Waals surface area (Å²) in [6.07, 6.45) is 1.15. The number of hydrogen-bond acceptors (Lipinski definition) is 5. The number of sulfonamides is 1. The second-order valence-corrected chi connectivity index (χ2v) is 11.2. The van der Waals surface area contributed by atoms with Gasteiger partial charge in [0.05, 0.1) is 18.1 Å². The van der Waals surface area contributed by atoms with Gasteiger partial charge in [-0.25, -0.2) is 8.42 Å². The maximum atomic E-state index is 13.6. The molecule has 2 heterocycles. The molecule has 2 aromatic rings. The van der Waals surface area contributed by atoms with Gasteiger partial charge in [0, 0.05) is 31.9 Å². The Hall–Kier alpha value is -2.26. The largest absolute Gasteiger partial charge is 0.379 e. The predicted molar refractivity (Wildman–Crippen MR) is 128 cm³/mol. The highest BCUT2D eigenvalue weighted by atomic mass is 32.2. The third-order valence-electron chi connectivity index (χ3n) is 6.34. The molecule has 0 radical (unpaired) electrons. The van der Waals surface area contributed by atoms with Crippen LogP contribution in [0.2, 0.25) is 0 Å². The Kier molecular flexibility index (Phi) is 7.48. The fourth-order valence-corrected chi connectivity index (χ4v) is 6.42. The summed E-state index contributed by atoms with van der Waals surface area (Å²) in [7, 11) is -3.64. The summed E-state index contributed by atoms with van der Waals surface area (Å²) in [6.45, 7) is 7.60. The van der Waals surface area contributed by atoms with Gasteiger partial charge in [-0.15, -0.1) is 0 Å². The quantitative estimate of drug-likeness (QED) is 0.699. The number of nitrogens with one attached hydrogen (secondary N) is 1. The lowest BCUT2D eigenvalue weighted by molar-refractivity contribution is -0.122. The third-order valence-corrected chi connectivity index (χ3v) is 8.23. The van der Waals surface area contributed by atoms with E-state index in [1.807, 2.05) is 30.3 Å². The Labute approximate surface area is 196 Å². The number of carbonyl (C=O) groups excluding carboxylic acids is 1. The first-order chi connectivity index (χ1) is 15.8. The summed E-state index contributed by atoms with van der Waals surface area (Å²) in [4.78, 5) is 16.0. The van der Waals surface area contributed by atoms with Gasteiger partial charge in [-0.05, 0) is 42.0 Å². The highest BCUT2D eigenvalue weighted by Gasteiger charge is 2.33. The summed E-state index contributed by atoms with van der Waals surface area (Å²) >= 11 is 0. The van der Waals surface area contributed by atoms with Crippen LogP contribution < -0.4 is 5.32 Å². The lowest BCUT2D eigenvalue weighted by Crippen LogP contribution is -2.45. The molecule has 2 aliphatic rings. The van der Waals surface area contributed by atoms with Crippen LogP contribution in [0.4, 0.5) is 5.69 Å². The van der Waals surface area contributed by atoms with Crippen LogP contribution in [0.25, 0.3) is 0 Å². The van der Waals surface area contributed by atoms with E-state index in [0.717, 1.165) is 25.1 Å². The number of likely N-dealkylation sites (tertiary alicyclic amines) is 1. The van der Waals surface area contributed by atoms with E-state index in [1.165, 1.54) is 4.31 Å². The number of anilines is 1. The van der Waals surface area contributed by atoms with Crippen LogP contribution in [-0.4, -0.2) is 62.9 Å². The van der Waals surface area contributed by atoms with Crippen molar-refractivity contribution in [1.82, 2.24) is 9.21 Å². The van der Waals surface area contributed by atoms with Gasteiger partial charge in [0.15, 0.2) is 0 Å². The smallest absolute Gasteiger partial charge is 0.246 e. The Bertz CT molecular complexity index is 1040. The molecule has 1 amide bonds. The molecule has 7 nitrogen and oxygen atoms in total. The Balaban J connectivity index is 1.58. The number of carbonyl (C=O) groups is 1. The molecule has 2 aliphatic heterocycles. The number of ether oxygens (including phenoxy) is 1. The van der Waals surface area contributed by atoms with Crippen LogP contribution >= 0.6 is 0 Å². The van der Waals surface area contributed by atoms with Crippen molar-refractivity contribution in [2.24, 2.45) is 11.8 Å². The Morgan fingerprint density at radius 1 is 1.00 bits per heavy atom. The van der Waals surface area contributed by atoms with Gasteiger partial charge in [0.2, 0.25) is 15.9 Å². The predicted octanol–water partition coefficient (Wildman–Crippen LogP) is 3.37. The van der Waals surface area contributed by atoms with E-state index in [2.05, 4.69) is 24.1 Å². The average molecular weight is 472 g/mol. The number of nitrogens with zero attached hydrogens (tertiary/aromatic N) is 2. The van der Waals surface area contributed by atoms with E-state index < -0.39 is 16.1 Å². The second kappa shape index (κ2) is 10.3. The van der Waals surface area contributed by atoms with Gasteiger partial charge in [-0.1, -0.05) is 50.2 Å². The van der Waals surface area contributed by atoms with E-state index >= 15 is 0 Å². The number of piperidine rings is 1. The Morgan fingerprint density at radius 3 is 2.33 bits per heavy atom. The van der Waals surface area contributed by atoms with Gasteiger partial charge in [0.25, 0.3) is 0 Å². The zero-order valence-corrected chi connectivity index (χ0v) is 20.1. The fraction of sp³-hybridized carbons (Fsp3) is 0.480. The maximum Gasteiger partial charge on any atom is 0.246 e. The number of hydrogen-bond donors (Lipinski definition) is 1. The highest BCUT2D eigenvalue weighted by molar-refractivity contribution is 7.89. The van der Waals surface area contributed by atoms with Gasteiger partial charge in [-0.3, -0.25) is 9.69 Å². The summed E-state index contributed by atoms with van der Waals surface area (Å²) in [6, 6.07) is 15.9. The van der Waals surface area contributed by atoms with Crippen LogP contribution in [0, 0.1) is 11.8 Å². The fourth-order valence-electron chi connectivity index (χ4n) is 4.97. The molecule has 3 atom stereocenters. The first-order valence-electron chi connectivity index (χ1n) is 11.6. The SMILES string of the molecule is C[C@@H]1C[C@@H](C)CN([C@H](C(=O)Nc2cccc(S(=O)(=O)N3CCOCC3)c2)c2ccccc2)C1. The van der Waals surface area contributed by atoms with E-state index in [-0.39, 0.29) is 10.8 Å². The van der Waals surface area contributed by atoms with Crippen molar-refractivity contribution in [1.29, 1.82) is 0 Å². The first-order valence-corrected chi connectivity index (χ1v) is 13.1. The van der Waals surface area contributed by atoms with Crippen molar-refractivity contribution in [3.63, 3.8) is 0 Å². The number of morpholine rings is 1. The van der Waals surface area contributed by atoms with E-state index in [4.69, 9.17) is 4.74 Å². The summed E-state index contributed by atoms with van der Waals surface area (Å²) in [5.74, 6) is 0.868. The minimum Gasteiger partial charge on any atom is -0.379 e. The zero-order chi connectivity index (χ0) is 23.4. The van der Waals surface area contributed by atoms with Gasteiger partial charge >= 0.3 is 0 Å². The van der Waals surface area contributed by atoms with E-state index in [0.29, 0.717) is 43.8 Å². The molecule has 33 heavy (non-hydrogen) atoms. The molecule has 8 heteroatoms. The van der Waals surface area contributed by atoms with Gasteiger partial charge in [-0.2, -0.15) is 4.31 Å². The third kappa shape index (κ3) is 5.63. The van der Waals surface area contributed by atoms with Crippen LogP contribution in [0.5, 0.6) is 0 Å². The molecule has 4 rings (SSSR count). The molecule has 2 aromatic carbocycles. The standard InChI is InChI=1S/C25H33N3O4S/c1-19-15-20(2)18-27(17-19)24(21-7-4-3-5-8-21)25(29)26-22-9-6-10-23(16-22)33(30,31)28-11-13-32-14-12-28/h3-10,16,19-20,24H,11-15,17-18H2,1-2H3,(H,26,29)/t19-,20-,24+/m1/s1. The first kappa shape index (κ1) is 23.9. The molecule has 0 aliphatic carbocycles. The lowest BCUT2D eigenvalue weighted by Gasteiger charge is -2.39. The second-order valence-electron chi connectivity index (χ2n) is 9.25. The van der Waals surface area contributed by atoms with Crippen molar-refractivity contribution in [2.45, 2.75) is 31.2 Å². The monoisotopic (exact) mass is 471 g/mol. The van der Waals surface area contributed by atoms with Gasteiger partial charge in [0.1, 0.15) is 6.04 Å². The summed E-state index contributed by atoms with van der Waals surface area (Å²) in [5, 5.41) is 2.99. The number of amides is 1. The van der Waals surface area contributed by atoms with Crippen molar-refractivity contribution in [3.05, 3.63) is 60.2 Å². The zero-order valence-electron chi connectivity index (χ0n) is 19.3. The van der Waals surface area contributed by atoms with Crippen molar-refractivity contribution < 1.29 is 17.9 Å². The molecule has 0 saturated carbocycles. The van der Waals surface area contributed by atoms with Crippen molar-refractivity contribution in [3.8, 4) is 0 Å². The van der Waals surface area contributed by atoms with Crippen molar-refractivity contribution in [2.75, 3.05) is 44.7 Å². The molecule has 1 N–H and O–H groups in total. The normalized spacial score (nSPS) is 23.7. The van der Waals surface area contributed by atoms with Crippen LogP contribution in [0.15, 0.2) is 59.5 Å². The van der Waals surface area contributed by atoms with Gasteiger partial charge < -0.3 is 10.1 Å². The van der Waals surface area contributed by atoms with E-state index in [1.54, 1.807) is 24.3 Å². The molecule has 2 fully saturated rings. The molecule has 0 unspecified atom stereocenters. The highest BCUT2D eigenvalue weighted by Crippen LogP contribution is 2.31. The topological polar surface area (TPSA) is 79.0 Å². The number of benzene rings is 2. The van der Waals surface area contributed by atoms with Crippen LogP contribution in [-0.2, 0) is 19.6 Å². The van der Waals surface area contributed by atoms with Crippen LogP contribution in [0.3, 0.4) is 0 Å². The average Bonchev–Trinajstić information content (AvgIpc) is 2.80. The summed E-state index contributed by atoms with van der Waals surface area (Å²) in [5.41, 5.74) is 1.42. The van der Waals surface area contributed by atoms with Crippen molar-refractivity contribution >= 4 is 21.6 Å².